The third kappa shape index (κ3) is 18.1. The fourth-order valence-electron chi connectivity index (χ4n) is 3.74. The Bertz CT molecular complexity index is 645. The number of nitrogens with two attached hydrogens (primary N) is 1. The predicted octanol–water partition coefficient (Wildman–Crippen LogP) is 5.69. The second kappa shape index (κ2) is 22.9. The second-order valence-corrected chi connectivity index (χ2v) is 10.3. The monoisotopic (exact) mass is 528 g/mol. The Morgan fingerprint density at radius 1 is 0.917 bits per heavy atom. The van der Waals surface area contributed by atoms with Crippen LogP contribution in [0.2, 0.25) is 0 Å². The Morgan fingerprint density at radius 2 is 1.58 bits per heavy atom. The molecule has 8 heteroatoms. The molecule has 0 saturated heterocycles. The lowest BCUT2D eigenvalue weighted by atomic mass is 10.1. The van der Waals surface area contributed by atoms with Crippen LogP contribution in [-0.4, -0.2) is 50.4 Å². The molecule has 0 aromatic heterocycles. The van der Waals surface area contributed by atoms with Crippen LogP contribution in [0.3, 0.4) is 0 Å². The largest absolute Gasteiger partial charge is 0.494 e. The number of quaternary nitrogens is 1. The predicted molar refractivity (Wildman–Crippen MR) is 146 cm³/mol. The molecule has 0 aliphatic heterocycles. The molecule has 1 aromatic rings. The molecule has 0 amide bonds. The average Bonchev–Trinajstić information content (AvgIpc) is 2.88. The number of esters is 1. The number of benzene rings is 1. The summed E-state index contributed by atoms with van der Waals surface area (Å²) in [5, 5.41) is 1.96. The second-order valence-electron chi connectivity index (χ2n) is 9.29. The molecule has 2 unspecified atom stereocenters. The summed E-state index contributed by atoms with van der Waals surface area (Å²) in [7, 11) is -0.0354. The molecule has 0 aliphatic carbocycles. The third-order valence-corrected chi connectivity index (χ3v) is 6.70. The Morgan fingerprint density at radius 3 is 2.22 bits per heavy atom. The number of ether oxygens (including phenoxy) is 2. The molecule has 1 aromatic carbocycles. The molecule has 2 atom stereocenters. The number of carbonyl (C=O) groups is 1. The van der Waals surface area contributed by atoms with E-state index in [0.29, 0.717) is 19.4 Å². The van der Waals surface area contributed by atoms with E-state index in [1.807, 2.05) is 31.4 Å². The highest BCUT2D eigenvalue weighted by atomic mass is 31.2. The van der Waals surface area contributed by atoms with Gasteiger partial charge in [0.1, 0.15) is 18.5 Å². The Kier molecular flexibility index (Phi) is 20.9. The molecule has 3 N–H and O–H groups in total. The molecule has 7 nitrogen and oxygen atoms in total. The summed E-state index contributed by atoms with van der Waals surface area (Å²) in [5.41, 5.74) is 1.14. The standard InChI is InChI=1S/C28H50NO6P/c1-4-6-7-8-9-10-11-12-13-22-32-26-18-15-25(16-19-26)17-20-27(35-28(30)14-5-2)24-34-36(31)33-23-21-29-3/h15-16,18-19,27,29,31H,4-14,17,20-24H2,1-3H3/p+1. The van der Waals surface area contributed by atoms with Gasteiger partial charge < -0.3 is 28.7 Å². The van der Waals surface area contributed by atoms with E-state index in [1.165, 1.54) is 51.4 Å². The molecular formula is C28H51NO6P+. The first-order valence-corrected chi connectivity index (χ1v) is 15.2. The van der Waals surface area contributed by atoms with Gasteiger partial charge in [0, 0.05) is 6.42 Å². The fraction of sp³-hybridized carbons (Fsp3) is 0.750. The van der Waals surface area contributed by atoms with Crippen LogP contribution in [0.4, 0.5) is 0 Å². The quantitative estimate of drug-likeness (QED) is 0.102. The van der Waals surface area contributed by atoms with E-state index in [2.05, 4.69) is 19.1 Å². The SMILES string of the molecule is CCCCCCCCCCCOc1ccc(CCC(COP(O)OCC[NH2+]C)OC(=O)CCC)cc1. The van der Waals surface area contributed by atoms with Gasteiger partial charge in [0.25, 0.3) is 0 Å². The van der Waals surface area contributed by atoms with Crippen LogP contribution in [0.5, 0.6) is 5.75 Å². The van der Waals surface area contributed by atoms with Crippen molar-refractivity contribution in [2.45, 2.75) is 103 Å². The van der Waals surface area contributed by atoms with Gasteiger partial charge in [0.05, 0.1) is 26.8 Å². The normalized spacial score (nSPS) is 12.9. The topological polar surface area (TPSA) is 90.8 Å². The van der Waals surface area contributed by atoms with E-state index < -0.39 is 14.7 Å². The van der Waals surface area contributed by atoms with Crippen LogP contribution in [-0.2, 0) is 25.0 Å². The van der Waals surface area contributed by atoms with E-state index in [0.717, 1.165) is 43.7 Å². The van der Waals surface area contributed by atoms with E-state index in [1.54, 1.807) is 0 Å². The van der Waals surface area contributed by atoms with E-state index in [4.69, 9.17) is 18.5 Å². The molecule has 0 spiro atoms. The van der Waals surface area contributed by atoms with Crippen LogP contribution < -0.4 is 10.1 Å². The van der Waals surface area contributed by atoms with E-state index in [-0.39, 0.29) is 12.6 Å². The van der Waals surface area contributed by atoms with Gasteiger partial charge in [-0.2, -0.15) is 0 Å². The van der Waals surface area contributed by atoms with Crippen molar-refractivity contribution in [2.75, 3.05) is 33.4 Å². The van der Waals surface area contributed by atoms with Gasteiger partial charge in [-0.15, -0.1) is 0 Å². The molecule has 0 radical (unpaired) electrons. The zero-order valence-corrected chi connectivity index (χ0v) is 23.8. The summed E-state index contributed by atoms with van der Waals surface area (Å²) < 4.78 is 22.2. The van der Waals surface area contributed by atoms with Crippen molar-refractivity contribution in [3.63, 3.8) is 0 Å². The van der Waals surface area contributed by atoms with Gasteiger partial charge >= 0.3 is 14.6 Å². The van der Waals surface area contributed by atoms with Crippen LogP contribution in [0.15, 0.2) is 24.3 Å². The lowest BCUT2D eigenvalue weighted by Crippen LogP contribution is -2.80. The third-order valence-electron chi connectivity index (χ3n) is 5.93. The highest BCUT2D eigenvalue weighted by molar-refractivity contribution is 7.40. The first-order valence-electron chi connectivity index (χ1n) is 14.0. The smallest absolute Gasteiger partial charge is 0.330 e. The van der Waals surface area contributed by atoms with E-state index >= 15 is 0 Å². The minimum Gasteiger partial charge on any atom is -0.494 e. The summed E-state index contributed by atoms with van der Waals surface area (Å²) in [6, 6.07) is 8.12. The van der Waals surface area contributed by atoms with E-state index in [9.17, 15) is 9.69 Å². The Labute approximate surface area is 220 Å². The van der Waals surface area contributed by atoms with Gasteiger partial charge in [-0.1, -0.05) is 77.3 Å². The summed E-state index contributed by atoms with van der Waals surface area (Å²) in [4.78, 5) is 21.9. The first kappa shape index (κ1) is 32.8. The molecule has 0 saturated carbocycles. The van der Waals surface area contributed by atoms with Gasteiger partial charge in [-0.05, 0) is 43.4 Å². The van der Waals surface area contributed by atoms with Gasteiger partial charge in [-0.25, -0.2) is 0 Å². The van der Waals surface area contributed by atoms with Crippen LogP contribution >= 0.6 is 8.60 Å². The molecule has 36 heavy (non-hydrogen) atoms. The number of hydrogen-bond donors (Lipinski definition) is 2. The van der Waals surface area contributed by atoms with Crippen molar-refractivity contribution in [1.82, 2.24) is 0 Å². The van der Waals surface area contributed by atoms with Crippen LogP contribution in [0.25, 0.3) is 0 Å². The van der Waals surface area contributed by atoms with Crippen LogP contribution in [0.1, 0.15) is 96.5 Å². The van der Waals surface area contributed by atoms with Gasteiger partial charge in [0.15, 0.2) is 0 Å². The molecule has 0 aliphatic rings. The molecule has 0 heterocycles. The summed E-state index contributed by atoms with van der Waals surface area (Å²) in [6.07, 6.45) is 13.8. The number of likely N-dealkylation sites (N-methyl/N-ethyl adjacent to an activating group) is 1. The van der Waals surface area contributed by atoms with Crippen molar-refractivity contribution < 1.29 is 33.5 Å². The molecule has 0 bridgehead atoms. The van der Waals surface area contributed by atoms with Crippen molar-refractivity contribution in [3.8, 4) is 5.75 Å². The maximum atomic E-state index is 12.0. The van der Waals surface area contributed by atoms with Crippen molar-refractivity contribution in [3.05, 3.63) is 29.8 Å². The summed E-state index contributed by atoms with van der Waals surface area (Å²) in [6.45, 7) is 6.23. The first-order chi connectivity index (χ1) is 17.6. The number of rotatable bonds is 24. The number of hydrogen-bond acceptors (Lipinski definition) is 6. The molecular weight excluding hydrogens is 477 g/mol. The lowest BCUT2D eigenvalue weighted by Gasteiger charge is -2.19. The molecule has 1 rings (SSSR count). The minimum atomic E-state index is -1.97. The average molecular weight is 529 g/mol. The Balaban J connectivity index is 2.31. The van der Waals surface area contributed by atoms with Gasteiger partial charge in [0.2, 0.25) is 0 Å². The van der Waals surface area contributed by atoms with Crippen LogP contribution in [0, 0.1) is 0 Å². The molecule has 208 valence electrons. The highest BCUT2D eigenvalue weighted by Gasteiger charge is 2.18. The van der Waals surface area contributed by atoms with Crippen molar-refractivity contribution in [2.24, 2.45) is 0 Å². The number of aryl methyl sites for hydroxylation is 1. The number of carbonyl (C=O) groups excluding carboxylic acids is 1. The zero-order valence-electron chi connectivity index (χ0n) is 22.9. The maximum Gasteiger partial charge on any atom is 0.330 e. The summed E-state index contributed by atoms with van der Waals surface area (Å²) >= 11 is 0. The van der Waals surface area contributed by atoms with Crippen molar-refractivity contribution >= 4 is 14.6 Å². The highest BCUT2D eigenvalue weighted by Crippen LogP contribution is 2.33. The van der Waals surface area contributed by atoms with Gasteiger partial charge in [-0.3, -0.25) is 4.79 Å². The summed E-state index contributed by atoms with van der Waals surface area (Å²) in [5.74, 6) is 0.648. The fourth-order valence-corrected chi connectivity index (χ4v) is 4.37. The Hall–Kier alpha value is -1.24. The maximum absolute atomic E-state index is 12.0. The minimum absolute atomic E-state index is 0.118. The lowest BCUT2D eigenvalue weighted by molar-refractivity contribution is -0.627. The molecule has 0 fully saturated rings. The van der Waals surface area contributed by atoms with Crippen molar-refractivity contribution in [1.29, 1.82) is 0 Å². The number of unbranched alkanes of at least 4 members (excludes halogenated alkanes) is 8. The zero-order chi connectivity index (χ0) is 26.3.